The largest absolute Gasteiger partial charge is 0.383 e. The van der Waals surface area contributed by atoms with E-state index in [0.717, 1.165) is 39.1 Å². The highest BCUT2D eigenvalue weighted by Gasteiger charge is 2.00. The van der Waals surface area contributed by atoms with Crippen LogP contribution >= 0.6 is 0 Å². The first kappa shape index (κ1) is 14.8. The lowest BCUT2D eigenvalue weighted by Gasteiger charge is -2.04. The fraction of sp³-hybridized carbons (Fsp3) is 0.438. The number of unbranched alkanes of at least 4 members (excludes halogenated alkanes) is 1. The second kappa shape index (κ2) is 8.51. The summed E-state index contributed by atoms with van der Waals surface area (Å²) in [5.74, 6) is 0. The van der Waals surface area contributed by atoms with E-state index >= 15 is 0 Å². The van der Waals surface area contributed by atoms with E-state index in [1.54, 1.807) is 7.11 Å². The van der Waals surface area contributed by atoms with Crippen molar-refractivity contribution in [3.05, 3.63) is 42.7 Å². The highest BCUT2D eigenvalue weighted by atomic mass is 16.5. The number of nitrogens with one attached hydrogen (secondary N) is 1. The van der Waals surface area contributed by atoms with Gasteiger partial charge in [0.25, 0.3) is 0 Å². The van der Waals surface area contributed by atoms with Crippen LogP contribution in [0, 0.1) is 0 Å². The molecule has 4 heteroatoms. The number of methoxy groups -OCH3 is 1. The highest BCUT2D eigenvalue weighted by Crippen LogP contribution is 2.17. The molecular formula is C16H23N3O. The van der Waals surface area contributed by atoms with E-state index in [9.17, 15) is 0 Å². The number of aryl methyl sites for hydroxylation is 1. The average molecular weight is 273 g/mol. The molecule has 0 atom stereocenters. The Labute approximate surface area is 120 Å². The van der Waals surface area contributed by atoms with Gasteiger partial charge in [0.2, 0.25) is 0 Å². The lowest BCUT2D eigenvalue weighted by molar-refractivity contribution is 0.199. The van der Waals surface area contributed by atoms with Crippen molar-refractivity contribution in [1.29, 1.82) is 0 Å². The number of benzene rings is 1. The molecular weight excluding hydrogens is 250 g/mol. The predicted molar refractivity (Wildman–Crippen MR) is 81.6 cm³/mol. The number of aromatic nitrogens is 2. The van der Waals surface area contributed by atoms with Gasteiger partial charge in [0.05, 0.1) is 12.8 Å². The van der Waals surface area contributed by atoms with E-state index < -0.39 is 0 Å². The minimum absolute atomic E-state index is 0.777. The molecule has 1 aromatic heterocycles. The number of hydrogen-bond acceptors (Lipinski definition) is 3. The van der Waals surface area contributed by atoms with Gasteiger partial charge in [-0.3, -0.25) is 4.68 Å². The maximum atomic E-state index is 4.99. The van der Waals surface area contributed by atoms with Gasteiger partial charge >= 0.3 is 0 Å². The molecule has 0 aliphatic rings. The third kappa shape index (κ3) is 4.79. The second-order valence-corrected chi connectivity index (χ2v) is 4.81. The molecule has 4 nitrogen and oxygen atoms in total. The molecule has 0 radical (unpaired) electrons. The van der Waals surface area contributed by atoms with Crippen molar-refractivity contribution in [2.75, 3.05) is 26.8 Å². The normalized spacial score (nSPS) is 10.8. The summed E-state index contributed by atoms with van der Waals surface area (Å²) in [5.41, 5.74) is 2.41. The second-order valence-electron chi connectivity index (χ2n) is 4.81. The van der Waals surface area contributed by atoms with E-state index in [1.807, 2.05) is 16.9 Å². The quantitative estimate of drug-likeness (QED) is 0.714. The summed E-state index contributed by atoms with van der Waals surface area (Å²) in [6, 6.07) is 10.4. The van der Waals surface area contributed by atoms with Crippen molar-refractivity contribution in [1.82, 2.24) is 15.1 Å². The molecule has 0 bridgehead atoms. The van der Waals surface area contributed by atoms with Crippen molar-refractivity contribution in [3.63, 3.8) is 0 Å². The average Bonchev–Trinajstić information content (AvgIpc) is 2.96. The monoisotopic (exact) mass is 273 g/mol. The summed E-state index contributed by atoms with van der Waals surface area (Å²) in [4.78, 5) is 0. The summed E-state index contributed by atoms with van der Waals surface area (Å²) < 4.78 is 7.01. The molecule has 0 saturated heterocycles. The fourth-order valence-corrected chi connectivity index (χ4v) is 2.09. The topological polar surface area (TPSA) is 39.1 Å². The van der Waals surface area contributed by atoms with E-state index in [4.69, 9.17) is 4.74 Å². The Morgan fingerprint density at radius 1 is 1.10 bits per heavy atom. The Bertz CT molecular complexity index is 481. The molecule has 108 valence electrons. The first-order valence-corrected chi connectivity index (χ1v) is 7.17. The van der Waals surface area contributed by atoms with E-state index in [1.165, 1.54) is 11.1 Å². The zero-order valence-electron chi connectivity index (χ0n) is 12.1. The lowest BCUT2D eigenvalue weighted by Crippen LogP contribution is -2.20. The summed E-state index contributed by atoms with van der Waals surface area (Å²) in [7, 11) is 1.73. The molecule has 0 unspecified atom stereocenters. The van der Waals surface area contributed by atoms with Gasteiger partial charge in [-0.25, -0.2) is 0 Å². The van der Waals surface area contributed by atoms with E-state index in [-0.39, 0.29) is 0 Å². The minimum atomic E-state index is 0.777. The van der Waals surface area contributed by atoms with Crippen molar-refractivity contribution in [3.8, 4) is 11.1 Å². The van der Waals surface area contributed by atoms with Crippen molar-refractivity contribution < 1.29 is 4.74 Å². The number of ether oxygens (including phenoxy) is 1. The molecule has 0 aliphatic heterocycles. The van der Waals surface area contributed by atoms with E-state index in [2.05, 4.69) is 40.9 Å². The molecule has 2 aromatic rings. The fourth-order valence-electron chi connectivity index (χ4n) is 2.09. The number of rotatable bonds is 9. The Morgan fingerprint density at radius 3 is 2.75 bits per heavy atom. The standard InChI is InChI=1S/C16H23N3O/c1-20-12-10-17-9-5-6-11-19-14-16(13-18-19)15-7-3-2-4-8-15/h2-4,7-8,13-14,17H,5-6,9-12H2,1H3. The van der Waals surface area contributed by atoms with Crippen LogP contribution in [0.5, 0.6) is 0 Å². The van der Waals surface area contributed by atoms with Gasteiger partial charge in [-0.05, 0) is 24.9 Å². The first-order valence-electron chi connectivity index (χ1n) is 7.17. The molecule has 0 aliphatic carbocycles. The van der Waals surface area contributed by atoms with Crippen LogP contribution in [-0.4, -0.2) is 36.6 Å². The number of nitrogens with zero attached hydrogens (tertiary/aromatic N) is 2. The molecule has 2 rings (SSSR count). The molecule has 1 heterocycles. The molecule has 0 fully saturated rings. The Kier molecular flexibility index (Phi) is 6.27. The van der Waals surface area contributed by atoms with Gasteiger partial charge in [-0.2, -0.15) is 5.10 Å². The van der Waals surface area contributed by atoms with Crippen LogP contribution in [0.2, 0.25) is 0 Å². The third-order valence-corrected chi connectivity index (χ3v) is 3.21. The molecule has 0 amide bonds. The summed E-state index contributed by atoms with van der Waals surface area (Å²) >= 11 is 0. The Hall–Kier alpha value is -1.65. The zero-order chi connectivity index (χ0) is 14.0. The van der Waals surface area contributed by atoms with Gasteiger partial charge in [0.15, 0.2) is 0 Å². The van der Waals surface area contributed by atoms with Crippen molar-refractivity contribution in [2.24, 2.45) is 0 Å². The summed E-state index contributed by atoms with van der Waals surface area (Å²) in [5, 5.41) is 7.77. The van der Waals surface area contributed by atoms with Crippen LogP contribution in [0.1, 0.15) is 12.8 Å². The third-order valence-electron chi connectivity index (χ3n) is 3.21. The number of hydrogen-bond donors (Lipinski definition) is 1. The summed E-state index contributed by atoms with van der Waals surface area (Å²) in [6.07, 6.45) is 6.35. The van der Waals surface area contributed by atoms with Crippen LogP contribution in [-0.2, 0) is 11.3 Å². The minimum Gasteiger partial charge on any atom is -0.383 e. The highest BCUT2D eigenvalue weighted by molar-refractivity contribution is 5.61. The molecule has 20 heavy (non-hydrogen) atoms. The smallest absolute Gasteiger partial charge is 0.0587 e. The van der Waals surface area contributed by atoms with E-state index in [0.29, 0.717) is 0 Å². The van der Waals surface area contributed by atoms with Gasteiger partial charge in [0.1, 0.15) is 0 Å². The van der Waals surface area contributed by atoms with Gasteiger partial charge in [0, 0.05) is 32.0 Å². The maximum Gasteiger partial charge on any atom is 0.0587 e. The van der Waals surface area contributed by atoms with Crippen molar-refractivity contribution >= 4 is 0 Å². The molecule has 0 saturated carbocycles. The van der Waals surface area contributed by atoms with Crippen LogP contribution < -0.4 is 5.32 Å². The molecule has 0 spiro atoms. The maximum absolute atomic E-state index is 4.99. The predicted octanol–water partition coefficient (Wildman–Crippen LogP) is 2.57. The Balaban J connectivity index is 1.69. The molecule has 1 N–H and O–H groups in total. The van der Waals surface area contributed by atoms with Gasteiger partial charge < -0.3 is 10.1 Å². The van der Waals surface area contributed by atoms with Crippen molar-refractivity contribution in [2.45, 2.75) is 19.4 Å². The lowest BCUT2D eigenvalue weighted by atomic mass is 10.1. The van der Waals surface area contributed by atoms with Crippen LogP contribution in [0.3, 0.4) is 0 Å². The van der Waals surface area contributed by atoms with Crippen LogP contribution in [0.25, 0.3) is 11.1 Å². The van der Waals surface area contributed by atoms with Gasteiger partial charge in [-0.1, -0.05) is 30.3 Å². The summed E-state index contributed by atoms with van der Waals surface area (Å²) in [6.45, 7) is 3.71. The SMILES string of the molecule is COCCNCCCCn1cc(-c2ccccc2)cn1. The van der Waals surface area contributed by atoms with Crippen LogP contribution in [0.15, 0.2) is 42.7 Å². The van der Waals surface area contributed by atoms with Crippen LogP contribution in [0.4, 0.5) is 0 Å². The van der Waals surface area contributed by atoms with Gasteiger partial charge in [-0.15, -0.1) is 0 Å². The molecule has 1 aromatic carbocycles. The zero-order valence-corrected chi connectivity index (χ0v) is 12.1. The Morgan fingerprint density at radius 2 is 1.95 bits per heavy atom. The first-order chi connectivity index (χ1) is 9.90.